The van der Waals surface area contributed by atoms with Crippen LogP contribution < -0.4 is 5.73 Å². The third kappa shape index (κ3) is 5.74. The van der Waals surface area contributed by atoms with Crippen LogP contribution in [0, 0.1) is 5.92 Å². The molecule has 0 spiro atoms. The fourth-order valence-corrected chi connectivity index (χ4v) is 2.63. The summed E-state index contributed by atoms with van der Waals surface area (Å²) in [7, 11) is -3.82. The SMILES string of the molecule is CC[C@H](C(=O)O)C(=O)[C@@](N)(COS(C)(=O)=O)Cc1ccccc1. The average molecular weight is 343 g/mol. The van der Waals surface area contributed by atoms with E-state index in [1.807, 2.05) is 0 Å². The molecule has 23 heavy (non-hydrogen) atoms. The third-order valence-electron chi connectivity index (χ3n) is 3.41. The summed E-state index contributed by atoms with van der Waals surface area (Å²) in [5, 5.41) is 9.17. The molecule has 0 aromatic heterocycles. The zero-order valence-corrected chi connectivity index (χ0v) is 13.9. The lowest BCUT2D eigenvalue weighted by atomic mass is 9.81. The Morgan fingerprint density at radius 2 is 1.87 bits per heavy atom. The van der Waals surface area contributed by atoms with Crippen LogP contribution in [0.3, 0.4) is 0 Å². The number of nitrogens with two attached hydrogens (primary N) is 1. The Morgan fingerprint density at radius 1 is 1.30 bits per heavy atom. The molecule has 0 heterocycles. The van der Waals surface area contributed by atoms with E-state index in [-0.39, 0.29) is 12.8 Å². The number of Topliss-reactive ketones (excluding diaryl/α,β-unsaturated/α-hetero) is 1. The van der Waals surface area contributed by atoms with Crippen molar-refractivity contribution < 1.29 is 27.3 Å². The molecule has 0 aliphatic heterocycles. The minimum Gasteiger partial charge on any atom is -0.481 e. The molecule has 3 N–H and O–H groups in total. The molecule has 0 bridgehead atoms. The minimum absolute atomic E-state index is 0.0219. The van der Waals surface area contributed by atoms with Gasteiger partial charge in [0.15, 0.2) is 5.78 Å². The van der Waals surface area contributed by atoms with Crippen LogP contribution in [0.15, 0.2) is 30.3 Å². The molecule has 1 aromatic rings. The maximum atomic E-state index is 12.6. The first kappa shape index (κ1) is 19.3. The van der Waals surface area contributed by atoms with Gasteiger partial charge in [-0.25, -0.2) is 0 Å². The molecule has 0 aliphatic rings. The number of benzene rings is 1. The van der Waals surface area contributed by atoms with Crippen molar-refractivity contribution in [3.63, 3.8) is 0 Å². The van der Waals surface area contributed by atoms with Gasteiger partial charge < -0.3 is 10.8 Å². The molecule has 1 aromatic carbocycles. The number of hydrogen-bond acceptors (Lipinski definition) is 6. The summed E-state index contributed by atoms with van der Waals surface area (Å²) in [5.74, 6) is -3.35. The van der Waals surface area contributed by atoms with Gasteiger partial charge in [0.25, 0.3) is 10.1 Å². The molecule has 0 amide bonds. The van der Waals surface area contributed by atoms with E-state index in [2.05, 4.69) is 0 Å². The summed E-state index contributed by atoms with van der Waals surface area (Å²) in [6, 6.07) is 8.70. The summed E-state index contributed by atoms with van der Waals surface area (Å²) >= 11 is 0. The lowest BCUT2D eigenvalue weighted by Gasteiger charge is -2.29. The van der Waals surface area contributed by atoms with Crippen LogP contribution in [0.5, 0.6) is 0 Å². The lowest BCUT2D eigenvalue weighted by molar-refractivity contribution is -0.148. The first-order chi connectivity index (χ1) is 10.6. The second kappa shape index (κ2) is 7.67. The lowest BCUT2D eigenvalue weighted by Crippen LogP contribution is -2.57. The number of carboxylic acids is 1. The smallest absolute Gasteiger partial charge is 0.314 e. The second-order valence-electron chi connectivity index (χ2n) is 5.45. The fourth-order valence-electron chi connectivity index (χ4n) is 2.20. The van der Waals surface area contributed by atoms with Gasteiger partial charge in [-0.3, -0.25) is 13.8 Å². The van der Waals surface area contributed by atoms with Crippen molar-refractivity contribution in [2.24, 2.45) is 11.7 Å². The van der Waals surface area contributed by atoms with Gasteiger partial charge in [-0.2, -0.15) is 8.42 Å². The van der Waals surface area contributed by atoms with E-state index >= 15 is 0 Å². The highest BCUT2D eigenvalue weighted by atomic mass is 32.2. The van der Waals surface area contributed by atoms with Crippen molar-refractivity contribution in [1.82, 2.24) is 0 Å². The highest BCUT2D eigenvalue weighted by molar-refractivity contribution is 7.85. The minimum atomic E-state index is -3.82. The second-order valence-corrected chi connectivity index (χ2v) is 7.09. The van der Waals surface area contributed by atoms with E-state index in [9.17, 15) is 18.0 Å². The van der Waals surface area contributed by atoms with E-state index in [0.29, 0.717) is 5.56 Å². The fraction of sp³-hybridized carbons (Fsp3) is 0.467. The monoisotopic (exact) mass is 343 g/mol. The van der Waals surface area contributed by atoms with E-state index in [1.54, 1.807) is 37.3 Å². The van der Waals surface area contributed by atoms with Gasteiger partial charge in [-0.05, 0) is 18.4 Å². The largest absolute Gasteiger partial charge is 0.481 e. The van der Waals surface area contributed by atoms with Crippen LogP contribution in [0.4, 0.5) is 0 Å². The van der Waals surface area contributed by atoms with Crippen molar-refractivity contribution in [3.05, 3.63) is 35.9 Å². The Bertz CT molecular complexity index is 658. The Morgan fingerprint density at radius 3 is 2.30 bits per heavy atom. The maximum absolute atomic E-state index is 12.6. The van der Waals surface area contributed by atoms with E-state index in [4.69, 9.17) is 15.0 Å². The van der Waals surface area contributed by atoms with Crippen molar-refractivity contribution in [2.45, 2.75) is 25.3 Å². The first-order valence-corrected chi connectivity index (χ1v) is 8.85. The van der Waals surface area contributed by atoms with Crippen LogP contribution >= 0.6 is 0 Å². The van der Waals surface area contributed by atoms with E-state index in [0.717, 1.165) is 6.26 Å². The summed E-state index contributed by atoms with van der Waals surface area (Å²) in [6.07, 6.45) is 0.877. The molecule has 0 radical (unpaired) electrons. The molecule has 7 nitrogen and oxygen atoms in total. The summed E-state index contributed by atoms with van der Waals surface area (Å²) in [6.45, 7) is 0.945. The normalized spacial score (nSPS) is 15.6. The first-order valence-electron chi connectivity index (χ1n) is 7.03. The number of carbonyl (C=O) groups is 2. The third-order valence-corrected chi connectivity index (χ3v) is 3.95. The molecular weight excluding hydrogens is 322 g/mol. The van der Waals surface area contributed by atoms with Crippen molar-refractivity contribution in [1.29, 1.82) is 0 Å². The number of ketones is 1. The van der Waals surface area contributed by atoms with E-state index < -0.39 is 39.9 Å². The summed E-state index contributed by atoms with van der Waals surface area (Å²) in [4.78, 5) is 23.8. The zero-order valence-electron chi connectivity index (χ0n) is 13.1. The van der Waals surface area contributed by atoms with E-state index in [1.165, 1.54) is 0 Å². The predicted octanol–water partition coefficient (Wildman–Crippen LogP) is 0.583. The van der Waals surface area contributed by atoms with Crippen molar-refractivity contribution in [2.75, 3.05) is 12.9 Å². The van der Waals surface area contributed by atoms with Crippen molar-refractivity contribution >= 4 is 21.9 Å². The highest BCUT2D eigenvalue weighted by Crippen LogP contribution is 2.20. The number of hydrogen-bond donors (Lipinski definition) is 2. The van der Waals surface area contributed by atoms with Crippen LogP contribution in [0.25, 0.3) is 0 Å². The van der Waals surface area contributed by atoms with Crippen LogP contribution in [-0.2, 0) is 30.3 Å². The van der Waals surface area contributed by atoms with Gasteiger partial charge in [0.2, 0.25) is 0 Å². The molecule has 0 fully saturated rings. The molecule has 1 rings (SSSR count). The molecule has 0 aliphatic carbocycles. The van der Waals surface area contributed by atoms with Crippen LogP contribution in [0.1, 0.15) is 18.9 Å². The molecule has 0 saturated carbocycles. The van der Waals surface area contributed by atoms with Gasteiger partial charge in [0.1, 0.15) is 11.5 Å². The predicted molar refractivity (Wildman–Crippen MR) is 84.3 cm³/mol. The van der Waals surface area contributed by atoms with Gasteiger partial charge >= 0.3 is 5.97 Å². The maximum Gasteiger partial charge on any atom is 0.314 e. The summed E-state index contributed by atoms with van der Waals surface area (Å²) < 4.78 is 27.1. The quantitative estimate of drug-likeness (QED) is 0.496. The molecule has 8 heteroatoms. The molecule has 0 saturated heterocycles. The van der Waals surface area contributed by atoms with Crippen LogP contribution in [0.2, 0.25) is 0 Å². The standard InChI is InChI=1S/C15H21NO6S/c1-3-12(14(18)19)13(17)15(16,10-22-23(2,20)21)9-11-7-5-4-6-8-11/h4-8,12H,3,9-10,16H2,1-2H3,(H,18,19)/t12-,15-/m0/s1. The average Bonchev–Trinajstić information content (AvgIpc) is 2.46. The van der Waals surface area contributed by atoms with Gasteiger partial charge in [-0.1, -0.05) is 37.3 Å². The molecule has 128 valence electrons. The van der Waals surface area contributed by atoms with Crippen molar-refractivity contribution in [3.8, 4) is 0 Å². The Labute approximate surface area is 135 Å². The molecule has 2 atom stereocenters. The van der Waals surface area contributed by atoms with Gasteiger partial charge in [0.05, 0.1) is 12.9 Å². The Kier molecular flexibility index (Phi) is 6.43. The number of carboxylic acid groups (broad SMARTS) is 1. The zero-order chi connectivity index (χ0) is 17.7. The highest BCUT2D eigenvalue weighted by Gasteiger charge is 2.42. The number of aliphatic carboxylic acids is 1. The Balaban J connectivity index is 3.13. The molecular formula is C15H21NO6S. The summed E-state index contributed by atoms with van der Waals surface area (Å²) in [5.41, 5.74) is 5.03. The number of rotatable bonds is 9. The van der Waals surface area contributed by atoms with Gasteiger partial charge in [0, 0.05) is 0 Å². The molecule has 0 unspecified atom stereocenters. The van der Waals surface area contributed by atoms with Crippen LogP contribution in [-0.4, -0.2) is 43.7 Å². The topological polar surface area (TPSA) is 124 Å². The Hall–Kier alpha value is -1.77. The van der Waals surface area contributed by atoms with Gasteiger partial charge in [-0.15, -0.1) is 0 Å². The number of carbonyl (C=O) groups excluding carboxylic acids is 1.